The molecule has 0 saturated carbocycles. The quantitative estimate of drug-likeness (QED) is 0.366. The fourth-order valence-corrected chi connectivity index (χ4v) is 1.99. The highest BCUT2D eigenvalue weighted by atomic mass is 32.2. The highest BCUT2D eigenvalue weighted by Gasteiger charge is 2.32. The van der Waals surface area contributed by atoms with E-state index in [1.165, 1.54) is 32.1 Å². The minimum atomic E-state index is -4.51. The second kappa shape index (κ2) is 11.4. The number of halogens is 3. The molecule has 0 aliphatic heterocycles. The fraction of sp³-hybridized carbons (Fsp3) is 0.923. The van der Waals surface area contributed by atoms with Crippen LogP contribution in [-0.4, -0.2) is 11.5 Å². The molecule has 0 bridgehead atoms. The molecule has 19 heavy (non-hydrogen) atoms. The maximum Gasteiger partial charge on any atom is 0.479 e. The van der Waals surface area contributed by atoms with Crippen molar-refractivity contribution in [3.63, 3.8) is 0 Å². The monoisotopic (exact) mass is 300 g/mol. The molecule has 0 aromatic heterocycles. The molecule has 0 N–H and O–H groups in total. The van der Waals surface area contributed by atoms with E-state index in [1.54, 1.807) is 0 Å². The second-order valence-electron chi connectivity index (χ2n) is 4.56. The molecule has 0 amide bonds. The van der Waals surface area contributed by atoms with Crippen LogP contribution in [0.3, 0.4) is 0 Å². The summed E-state index contributed by atoms with van der Waals surface area (Å²) in [7, 11) is 0. The Bertz CT molecular complexity index is 232. The Kier molecular flexibility index (Phi) is 11.2. The zero-order valence-electron chi connectivity index (χ0n) is 11.4. The number of carbonyl (C=O) groups is 1. The van der Waals surface area contributed by atoms with Gasteiger partial charge in [0, 0.05) is 6.42 Å². The average Bonchev–Trinajstić information content (AvgIpc) is 2.33. The zero-order valence-corrected chi connectivity index (χ0v) is 12.2. The molecule has 0 unspecified atom stereocenters. The predicted octanol–water partition coefficient (Wildman–Crippen LogP) is 5.62. The van der Waals surface area contributed by atoms with E-state index in [4.69, 9.17) is 0 Å². The number of unbranched alkanes of at least 4 members (excludes halogenated alkanes) is 8. The summed E-state index contributed by atoms with van der Waals surface area (Å²) in [6.07, 6.45) is 9.96. The van der Waals surface area contributed by atoms with Gasteiger partial charge >= 0.3 is 11.5 Å². The van der Waals surface area contributed by atoms with Gasteiger partial charge in [-0.2, -0.15) is 13.2 Å². The van der Waals surface area contributed by atoms with Crippen molar-refractivity contribution < 1.29 is 22.1 Å². The highest BCUT2D eigenvalue weighted by molar-refractivity contribution is 7.95. The van der Waals surface area contributed by atoms with Gasteiger partial charge in [0.1, 0.15) is 0 Å². The summed E-state index contributed by atoms with van der Waals surface area (Å²) >= 11 is -0.728. The van der Waals surface area contributed by atoms with Crippen LogP contribution in [0.1, 0.15) is 71.1 Å². The summed E-state index contributed by atoms with van der Waals surface area (Å²) in [5.74, 6) is -0.787. The van der Waals surface area contributed by atoms with E-state index in [0.29, 0.717) is 6.42 Å². The van der Waals surface area contributed by atoms with Gasteiger partial charge in [-0.1, -0.05) is 58.3 Å². The van der Waals surface area contributed by atoms with E-state index < -0.39 is 23.5 Å². The smallest absolute Gasteiger partial charge is 0.382 e. The van der Waals surface area contributed by atoms with Crippen LogP contribution in [-0.2, 0) is 8.98 Å². The molecule has 6 heteroatoms. The highest BCUT2D eigenvalue weighted by Crippen LogP contribution is 2.31. The second-order valence-corrected chi connectivity index (χ2v) is 5.36. The molecule has 0 saturated heterocycles. The molecule has 114 valence electrons. The number of carbonyl (C=O) groups excluding carboxylic acids is 1. The molecule has 0 spiro atoms. The third kappa shape index (κ3) is 15.6. The Morgan fingerprint density at radius 3 is 1.89 bits per heavy atom. The molecule has 2 nitrogen and oxygen atoms in total. The van der Waals surface area contributed by atoms with E-state index in [9.17, 15) is 18.0 Å². The largest absolute Gasteiger partial charge is 0.479 e. The molecule has 0 aromatic rings. The fourth-order valence-electron chi connectivity index (χ4n) is 1.72. The van der Waals surface area contributed by atoms with Crippen molar-refractivity contribution in [2.45, 2.75) is 76.6 Å². The Morgan fingerprint density at radius 1 is 0.947 bits per heavy atom. The van der Waals surface area contributed by atoms with Crippen LogP contribution < -0.4 is 0 Å². The maximum absolute atomic E-state index is 11.7. The van der Waals surface area contributed by atoms with E-state index >= 15 is 0 Å². The van der Waals surface area contributed by atoms with Crippen LogP contribution in [0.2, 0.25) is 0 Å². The first-order chi connectivity index (χ1) is 8.95. The molecule has 0 fully saturated rings. The van der Waals surface area contributed by atoms with E-state index in [0.717, 1.165) is 19.3 Å². The Morgan fingerprint density at radius 2 is 1.42 bits per heavy atom. The summed E-state index contributed by atoms with van der Waals surface area (Å²) in [5.41, 5.74) is -4.51. The van der Waals surface area contributed by atoms with Gasteiger partial charge < -0.3 is 4.18 Å². The van der Waals surface area contributed by atoms with E-state index in [2.05, 4.69) is 11.1 Å². The van der Waals surface area contributed by atoms with E-state index in [1.807, 2.05) is 0 Å². The van der Waals surface area contributed by atoms with E-state index in [-0.39, 0.29) is 6.42 Å². The van der Waals surface area contributed by atoms with Gasteiger partial charge in [-0.15, -0.1) is 0 Å². The van der Waals surface area contributed by atoms with Crippen molar-refractivity contribution in [1.82, 2.24) is 0 Å². The average molecular weight is 300 g/mol. The van der Waals surface area contributed by atoms with Gasteiger partial charge in [-0.3, -0.25) is 4.79 Å². The Labute approximate surface area is 117 Å². The first-order valence-electron chi connectivity index (χ1n) is 6.91. The van der Waals surface area contributed by atoms with Crippen LogP contribution in [0, 0.1) is 0 Å². The summed E-state index contributed by atoms with van der Waals surface area (Å²) < 4.78 is 39.2. The molecule has 0 rings (SSSR count). The van der Waals surface area contributed by atoms with Crippen molar-refractivity contribution in [2.24, 2.45) is 0 Å². The molecule has 0 aliphatic rings. The van der Waals surface area contributed by atoms with Crippen LogP contribution >= 0.6 is 12.0 Å². The van der Waals surface area contributed by atoms with Gasteiger partial charge in [0.15, 0.2) is 12.0 Å². The van der Waals surface area contributed by atoms with Crippen LogP contribution in [0.5, 0.6) is 0 Å². The minimum absolute atomic E-state index is 0.0684. The van der Waals surface area contributed by atoms with Crippen LogP contribution in [0.4, 0.5) is 13.2 Å². The molecule has 0 heterocycles. The normalized spacial score (nSPS) is 11.6. The molecule has 0 aromatic carbocycles. The van der Waals surface area contributed by atoms with Gasteiger partial charge in [-0.25, -0.2) is 0 Å². The third-order valence-electron chi connectivity index (χ3n) is 2.71. The third-order valence-corrected chi connectivity index (χ3v) is 3.17. The Balaban J connectivity index is 3.23. The summed E-state index contributed by atoms with van der Waals surface area (Å²) in [6.45, 7) is 2.18. The maximum atomic E-state index is 11.7. The first-order valence-corrected chi connectivity index (χ1v) is 7.65. The minimum Gasteiger partial charge on any atom is -0.382 e. The lowest BCUT2D eigenvalue weighted by Gasteiger charge is -2.05. The molecule has 0 radical (unpaired) electrons. The summed E-state index contributed by atoms with van der Waals surface area (Å²) in [4.78, 5) is 11.0. The van der Waals surface area contributed by atoms with Crippen molar-refractivity contribution in [3.8, 4) is 0 Å². The molecule has 0 atom stereocenters. The molecular formula is C13H23F3O2S. The topological polar surface area (TPSA) is 26.3 Å². The number of hydrogen-bond acceptors (Lipinski definition) is 3. The number of alkyl halides is 3. The summed E-state index contributed by atoms with van der Waals surface area (Å²) in [6, 6.07) is 0. The van der Waals surface area contributed by atoms with Crippen molar-refractivity contribution in [1.29, 1.82) is 0 Å². The van der Waals surface area contributed by atoms with Crippen molar-refractivity contribution in [2.75, 3.05) is 0 Å². The number of hydrogen-bond donors (Lipinski definition) is 0. The van der Waals surface area contributed by atoms with Crippen LogP contribution in [0.15, 0.2) is 0 Å². The predicted molar refractivity (Wildman–Crippen MR) is 71.6 cm³/mol. The Hall–Kier alpha value is -0.390. The lowest BCUT2D eigenvalue weighted by Crippen LogP contribution is -2.06. The van der Waals surface area contributed by atoms with Gasteiger partial charge in [-0.05, 0) is 6.42 Å². The molecule has 0 aliphatic carbocycles. The SMILES string of the molecule is CCCCCCCCCCCC(=O)OSC(F)(F)F. The van der Waals surface area contributed by atoms with Gasteiger partial charge in [0.05, 0.1) is 0 Å². The van der Waals surface area contributed by atoms with Crippen molar-refractivity contribution >= 4 is 18.0 Å². The zero-order chi connectivity index (χ0) is 14.6. The standard InChI is InChI=1S/C13H23F3O2S/c1-2-3-4-5-6-7-8-9-10-11-12(17)18-19-13(14,15)16/h2-11H2,1H3. The van der Waals surface area contributed by atoms with Crippen LogP contribution in [0.25, 0.3) is 0 Å². The number of rotatable bonds is 11. The van der Waals surface area contributed by atoms with Gasteiger partial charge in [0.25, 0.3) is 0 Å². The van der Waals surface area contributed by atoms with Gasteiger partial charge in [0.2, 0.25) is 0 Å². The lowest BCUT2D eigenvalue weighted by atomic mass is 10.1. The lowest BCUT2D eigenvalue weighted by molar-refractivity contribution is -0.134. The first kappa shape index (κ1) is 18.6. The van der Waals surface area contributed by atoms with Crippen molar-refractivity contribution in [3.05, 3.63) is 0 Å². The molecular weight excluding hydrogens is 277 g/mol. The summed E-state index contributed by atoms with van der Waals surface area (Å²) in [5, 5.41) is 0.